The lowest BCUT2D eigenvalue weighted by Gasteiger charge is -2.14. The summed E-state index contributed by atoms with van der Waals surface area (Å²) in [6.07, 6.45) is 2.76. The molecular formula is C23H26N2O3S. The summed E-state index contributed by atoms with van der Waals surface area (Å²) < 4.78 is 11.3. The van der Waals surface area contributed by atoms with Gasteiger partial charge in [0.2, 0.25) is 0 Å². The number of ether oxygens (including phenoxy) is 2. The Labute approximate surface area is 176 Å². The Bertz CT molecular complexity index is 910. The van der Waals surface area contributed by atoms with Gasteiger partial charge in [-0.05, 0) is 67.9 Å². The van der Waals surface area contributed by atoms with E-state index in [1.807, 2.05) is 68.5 Å². The molecule has 1 amide bonds. The van der Waals surface area contributed by atoms with Crippen LogP contribution < -0.4 is 9.47 Å². The van der Waals surface area contributed by atoms with Crippen LogP contribution in [0.15, 0.2) is 58.4 Å². The first-order valence-electron chi connectivity index (χ1n) is 9.91. The number of amides is 1. The Balaban J connectivity index is 1.92. The van der Waals surface area contributed by atoms with Gasteiger partial charge in [-0.1, -0.05) is 31.2 Å². The molecule has 1 aliphatic heterocycles. The van der Waals surface area contributed by atoms with Gasteiger partial charge in [0.1, 0.15) is 0 Å². The summed E-state index contributed by atoms with van der Waals surface area (Å²) in [5.41, 5.74) is 1.73. The maximum absolute atomic E-state index is 13.0. The van der Waals surface area contributed by atoms with Gasteiger partial charge in [-0.25, -0.2) is 4.99 Å². The molecule has 1 fully saturated rings. The maximum Gasteiger partial charge on any atom is 0.266 e. The van der Waals surface area contributed by atoms with Crippen LogP contribution in [0.4, 0.5) is 5.69 Å². The normalized spacial score (nSPS) is 16.7. The van der Waals surface area contributed by atoms with Crippen LogP contribution in [0, 0.1) is 0 Å². The van der Waals surface area contributed by atoms with Crippen molar-refractivity contribution in [3.63, 3.8) is 0 Å². The largest absolute Gasteiger partial charge is 0.490 e. The molecule has 0 spiro atoms. The summed E-state index contributed by atoms with van der Waals surface area (Å²) in [7, 11) is 0. The number of hydrogen-bond acceptors (Lipinski definition) is 5. The third kappa shape index (κ3) is 5.21. The molecule has 1 aliphatic rings. The van der Waals surface area contributed by atoms with E-state index in [0.717, 1.165) is 17.7 Å². The lowest BCUT2D eigenvalue weighted by molar-refractivity contribution is -0.122. The monoisotopic (exact) mass is 410 g/mol. The minimum atomic E-state index is -0.0154. The van der Waals surface area contributed by atoms with E-state index in [1.54, 1.807) is 4.90 Å². The summed E-state index contributed by atoms with van der Waals surface area (Å²) in [4.78, 5) is 20.1. The highest BCUT2D eigenvalue weighted by molar-refractivity contribution is 8.18. The van der Waals surface area contributed by atoms with Crippen LogP contribution in [0.1, 0.15) is 32.8 Å². The molecule has 2 aromatic carbocycles. The fourth-order valence-corrected chi connectivity index (χ4v) is 3.96. The van der Waals surface area contributed by atoms with Crippen LogP contribution in [-0.4, -0.2) is 35.7 Å². The van der Waals surface area contributed by atoms with Crippen LogP contribution in [0.2, 0.25) is 0 Å². The molecule has 1 saturated heterocycles. The molecule has 5 nitrogen and oxygen atoms in total. The van der Waals surface area contributed by atoms with Gasteiger partial charge in [-0.2, -0.15) is 0 Å². The van der Waals surface area contributed by atoms with Gasteiger partial charge in [0.05, 0.1) is 23.8 Å². The first kappa shape index (κ1) is 21.0. The number of hydrogen-bond donors (Lipinski definition) is 0. The number of carbonyl (C=O) groups is 1. The molecule has 6 heteroatoms. The van der Waals surface area contributed by atoms with E-state index in [9.17, 15) is 4.79 Å². The molecular weight excluding hydrogens is 384 g/mol. The number of carbonyl (C=O) groups excluding carboxylic acids is 1. The standard InChI is InChI=1S/C23H26N2O3S/c1-4-14-25-22(26)21(29-23(25)24-18-10-8-7-9-11-18)16-17-12-13-19(27-5-2)20(15-17)28-6-3/h7-13,15-16H,4-6,14H2,1-3H3/b21-16+,24-23?. The molecule has 152 valence electrons. The minimum Gasteiger partial charge on any atom is -0.490 e. The van der Waals surface area contributed by atoms with Gasteiger partial charge in [0.15, 0.2) is 16.7 Å². The minimum absolute atomic E-state index is 0.0154. The molecule has 29 heavy (non-hydrogen) atoms. The van der Waals surface area contributed by atoms with Crippen molar-refractivity contribution >= 4 is 34.6 Å². The van der Waals surface area contributed by atoms with Crippen LogP contribution in [0.5, 0.6) is 11.5 Å². The molecule has 0 atom stereocenters. The number of benzene rings is 2. The zero-order valence-corrected chi connectivity index (χ0v) is 17.9. The van der Waals surface area contributed by atoms with Crippen LogP contribution in [0.25, 0.3) is 6.08 Å². The Hall–Kier alpha value is -2.73. The molecule has 0 N–H and O–H groups in total. The fraction of sp³-hybridized carbons (Fsp3) is 0.304. The molecule has 2 aromatic rings. The van der Waals surface area contributed by atoms with Crippen molar-refractivity contribution in [1.82, 2.24) is 4.90 Å². The van der Waals surface area contributed by atoms with E-state index in [2.05, 4.69) is 11.9 Å². The fourth-order valence-electron chi connectivity index (χ4n) is 2.93. The molecule has 0 unspecified atom stereocenters. The predicted molar refractivity (Wildman–Crippen MR) is 120 cm³/mol. The van der Waals surface area contributed by atoms with Gasteiger partial charge in [-0.3, -0.25) is 9.69 Å². The molecule has 0 radical (unpaired) electrons. The summed E-state index contributed by atoms with van der Waals surface area (Å²) in [5.74, 6) is 1.38. The summed E-state index contributed by atoms with van der Waals surface area (Å²) in [6, 6.07) is 15.4. The van der Waals surface area contributed by atoms with Gasteiger partial charge in [-0.15, -0.1) is 0 Å². The molecule has 3 rings (SSSR count). The first-order chi connectivity index (χ1) is 14.2. The lowest BCUT2D eigenvalue weighted by Crippen LogP contribution is -2.29. The zero-order valence-electron chi connectivity index (χ0n) is 17.1. The molecule has 0 aliphatic carbocycles. The Morgan fingerprint density at radius 2 is 1.72 bits per heavy atom. The Kier molecular flexibility index (Phi) is 7.36. The molecule has 0 aromatic heterocycles. The zero-order chi connectivity index (χ0) is 20.6. The van der Waals surface area contributed by atoms with Gasteiger partial charge < -0.3 is 9.47 Å². The first-order valence-corrected chi connectivity index (χ1v) is 10.7. The van der Waals surface area contributed by atoms with Crippen molar-refractivity contribution in [2.24, 2.45) is 4.99 Å². The molecule has 0 bridgehead atoms. The van der Waals surface area contributed by atoms with E-state index in [0.29, 0.717) is 41.3 Å². The van der Waals surface area contributed by atoms with Crippen LogP contribution >= 0.6 is 11.8 Å². The highest BCUT2D eigenvalue weighted by Crippen LogP contribution is 2.36. The average molecular weight is 411 g/mol. The van der Waals surface area contributed by atoms with Crippen molar-refractivity contribution in [3.8, 4) is 11.5 Å². The predicted octanol–water partition coefficient (Wildman–Crippen LogP) is 5.50. The van der Waals surface area contributed by atoms with Crippen molar-refractivity contribution in [3.05, 3.63) is 59.0 Å². The number of nitrogens with zero attached hydrogens (tertiary/aromatic N) is 2. The second-order valence-electron chi connectivity index (χ2n) is 6.37. The lowest BCUT2D eigenvalue weighted by atomic mass is 10.2. The van der Waals surface area contributed by atoms with Crippen molar-refractivity contribution in [1.29, 1.82) is 0 Å². The topological polar surface area (TPSA) is 51.1 Å². The Morgan fingerprint density at radius 3 is 2.41 bits per heavy atom. The van der Waals surface area contributed by atoms with Crippen molar-refractivity contribution in [2.75, 3.05) is 19.8 Å². The third-order valence-corrected chi connectivity index (χ3v) is 5.19. The average Bonchev–Trinajstić information content (AvgIpc) is 3.00. The van der Waals surface area contributed by atoms with Gasteiger partial charge in [0.25, 0.3) is 5.91 Å². The van der Waals surface area contributed by atoms with E-state index >= 15 is 0 Å². The van der Waals surface area contributed by atoms with E-state index in [-0.39, 0.29) is 5.91 Å². The van der Waals surface area contributed by atoms with E-state index in [1.165, 1.54) is 11.8 Å². The van der Waals surface area contributed by atoms with Crippen LogP contribution in [0.3, 0.4) is 0 Å². The number of thioether (sulfide) groups is 1. The number of rotatable bonds is 8. The van der Waals surface area contributed by atoms with Gasteiger partial charge >= 0.3 is 0 Å². The summed E-state index contributed by atoms with van der Waals surface area (Å²) >= 11 is 1.41. The van der Waals surface area contributed by atoms with Crippen LogP contribution in [-0.2, 0) is 4.79 Å². The third-order valence-electron chi connectivity index (χ3n) is 4.18. The quantitative estimate of drug-likeness (QED) is 0.539. The molecule has 1 heterocycles. The SMILES string of the molecule is CCCN1C(=O)/C(=C\c2ccc(OCC)c(OCC)c2)SC1=Nc1ccccc1. The number of amidine groups is 1. The van der Waals surface area contributed by atoms with E-state index < -0.39 is 0 Å². The van der Waals surface area contributed by atoms with Crippen molar-refractivity contribution < 1.29 is 14.3 Å². The highest BCUT2D eigenvalue weighted by Gasteiger charge is 2.32. The second-order valence-corrected chi connectivity index (χ2v) is 7.38. The number of aliphatic imine (C=N–C) groups is 1. The summed E-state index contributed by atoms with van der Waals surface area (Å²) in [6.45, 7) is 7.69. The number of para-hydroxylation sites is 1. The smallest absolute Gasteiger partial charge is 0.266 e. The maximum atomic E-state index is 13.0. The second kappa shape index (κ2) is 10.2. The van der Waals surface area contributed by atoms with E-state index in [4.69, 9.17) is 9.47 Å². The molecule has 0 saturated carbocycles. The Morgan fingerprint density at radius 1 is 1.00 bits per heavy atom. The van der Waals surface area contributed by atoms with Gasteiger partial charge in [0, 0.05) is 6.54 Å². The highest BCUT2D eigenvalue weighted by atomic mass is 32.2. The summed E-state index contributed by atoms with van der Waals surface area (Å²) in [5, 5.41) is 0.713. The van der Waals surface area contributed by atoms with Crippen molar-refractivity contribution in [2.45, 2.75) is 27.2 Å².